The highest BCUT2D eigenvalue weighted by molar-refractivity contribution is 5.98. The second-order valence-corrected chi connectivity index (χ2v) is 3.25. The van der Waals surface area contributed by atoms with Gasteiger partial charge in [-0.05, 0) is 24.6 Å². The van der Waals surface area contributed by atoms with E-state index in [0.29, 0.717) is 17.7 Å². The lowest BCUT2D eigenvalue weighted by Gasteiger charge is -2.03. The molecule has 4 nitrogen and oxygen atoms in total. The number of carbonyl (C=O) groups excluding carboxylic acids is 2. The van der Waals surface area contributed by atoms with Crippen LogP contribution in [-0.2, 0) is 9.53 Å². The summed E-state index contributed by atoms with van der Waals surface area (Å²) in [6.45, 7) is 2.07. The van der Waals surface area contributed by atoms with E-state index in [2.05, 4.69) is 5.32 Å². The molecule has 0 heterocycles. The van der Waals surface area contributed by atoms with E-state index in [4.69, 9.17) is 4.74 Å². The Morgan fingerprint density at radius 2 is 2.06 bits per heavy atom. The van der Waals surface area contributed by atoms with Crippen LogP contribution < -0.4 is 5.32 Å². The van der Waals surface area contributed by atoms with E-state index in [1.54, 1.807) is 44.3 Å². The molecule has 1 aromatic rings. The lowest BCUT2D eigenvalue weighted by atomic mass is 10.1. The predicted octanol–water partition coefficient (Wildman–Crippen LogP) is 1.62. The Hall–Kier alpha value is -2.10. The molecule has 0 fully saturated rings. The van der Waals surface area contributed by atoms with Gasteiger partial charge in [-0.2, -0.15) is 0 Å². The highest BCUT2D eigenvalue weighted by Gasteiger charge is 2.06. The summed E-state index contributed by atoms with van der Waals surface area (Å²) < 4.78 is 4.76. The standard InChI is InChI=1S/C13H15NO3/c1-3-17-12(15)9-8-10-6-4-5-7-11(10)13(16)14-2/h4-9H,3H2,1-2H3,(H,14,16)/b9-8+. The first-order valence-electron chi connectivity index (χ1n) is 5.35. The highest BCUT2D eigenvalue weighted by Crippen LogP contribution is 2.10. The first-order chi connectivity index (χ1) is 8.19. The molecule has 4 heteroatoms. The molecule has 0 aliphatic rings. The maximum Gasteiger partial charge on any atom is 0.330 e. The lowest BCUT2D eigenvalue weighted by Crippen LogP contribution is -2.18. The molecule has 0 aliphatic heterocycles. The van der Waals surface area contributed by atoms with E-state index >= 15 is 0 Å². The van der Waals surface area contributed by atoms with Crippen LogP contribution in [0.15, 0.2) is 30.3 Å². The maximum atomic E-state index is 11.5. The SMILES string of the molecule is CCOC(=O)/C=C/c1ccccc1C(=O)NC. The minimum Gasteiger partial charge on any atom is -0.463 e. The van der Waals surface area contributed by atoms with E-state index in [1.165, 1.54) is 6.08 Å². The number of ether oxygens (including phenoxy) is 1. The molecule has 1 aromatic carbocycles. The Balaban J connectivity index is 2.91. The van der Waals surface area contributed by atoms with Crippen LogP contribution in [-0.4, -0.2) is 25.5 Å². The molecule has 0 aromatic heterocycles. The molecule has 0 unspecified atom stereocenters. The third-order valence-electron chi connectivity index (χ3n) is 2.12. The van der Waals surface area contributed by atoms with Gasteiger partial charge in [-0.1, -0.05) is 18.2 Å². The summed E-state index contributed by atoms with van der Waals surface area (Å²) in [6.07, 6.45) is 2.88. The van der Waals surface area contributed by atoms with E-state index in [-0.39, 0.29) is 5.91 Å². The molecule has 0 bridgehead atoms. The highest BCUT2D eigenvalue weighted by atomic mass is 16.5. The molecule has 0 saturated heterocycles. The summed E-state index contributed by atoms with van der Waals surface area (Å²) in [5, 5.41) is 2.55. The van der Waals surface area contributed by atoms with Crippen LogP contribution in [0.4, 0.5) is 0 Å². The van der Waals surface area contributed by atoms with Gasteiger partial charge in [-0.25, -0.2) is 4.79 Å². The molecular weight excluding hydrogens is 218 g/mol. The van der Waals surface area contributed by atoms with E-state index in [0.717, 1.165) is 0 Å². The van der Waals surface area contributed by atoms with Crippen LogP contribution in [0.5, 0.6) is 0 Å². The van der Waals surface area contributed by atoms with Crippen molar-refractivity contribution in [3.63, 3.8) is 0 Å². The Labute approximate surface area is 100 Å². The number of amides is 1. The molecule has 17 heavy (non-hydrogen) atoms. The molecule has 1 rings (SSSR count). The summed E-state index contributed by atoms with van der Waals surface area (Å²) in [6, 6.07) is 7.04. The summed E-state index contributed by atoms with van der Waals surface area (Å²) in [7, 11) is 1.56. The number of benzene rings is 1. The molecule has 0 spiro atoms. The normalized spacial score (nSPS) is 10.2. The van der Waals surface area contributed by atoms with Gasteiger partial charge in [0.1, 0.15) is 0 Å². The average molecular weight is 233 g/mol. The van der Waals surface area contributed by atoms with Crippen molar-refractivity contribution in [2.45, 2.75) is 6.92 Å². The third kappa shape index (κ3) is 3.75. The van der Waals surface area contributed by atoms with Crippen LogP contribution in [0.3, 0.4) is 0 Å². The quantitative estimate of drug-likeness (QED) is 0.635. The van der Waals surface area contributed by atoms with Gasteiger partial charge >= 0.3 is 5.97 Å². The summed E-state index contributed by atoms with van der Waals surface area (Å²) in [5.74, 6) is -0.603. The van der Waals surface area contributed by atoms with Gasteiger partial charge in [0.15, 0.2) is 0 Å². The first kappa shape index (κ1) is 13.0. The Morgan fingerprint density at radius 1 is 1.35 bits per heavy atom. The lowest BCUT2D eigenvalue weighted by molar-refractivity contribution is -0.137. The van der Waals surface area contributed by atoms with Crippen molar-refractivity contribution in [3.8, 4) is 0 Å². The van der Waals surface area contributed by atoms with Crippen LogP contribution in [0.2, 0.25) is 0 Å². The molecule has 0 atom stereocenters. The average Bonchev–Trinajstić information content (AvgIpc) is 2.36. The number of esters is 1. The fraction of sp³-hybridized carbons (Fsp3) is 0.231. The fourth-order valence-corrected chi connectivity index (χ4v) is 1.33. The monoisotopic (exact) mass is 233 g/mol. The van der Waals surface area contributed by atoms with Crippen molar-refractivity contribution < 1.29 is 14.3 Å². The molecular formula is C13H15NO3. The third-order valence-corrected chi connectivity index (χ3v) is 2.12. The predicted molar refractivity (Wildman–Crippen MR) is 65.5 cm³/mol. The molecule has 90 valence electrons. The van der Waals surface area contributed by atoms with Gasteiger partial charge in [0, 0.05) is 18.7 Å². The van der Waals surface area contributed by atoms with E-state index < -0.39 is 5.97 Å². The van der Waals surface area contributed by atoms with Gasteiger partial charge in [-0.15, -0.1) is 0 Å². The largest absolute Gasteiger partial charge is 0.463 e. The molecule has 0 saturated carbocycles. The minimum atomic E-state index is -0.417. The van der Waals surface area contributed by atoms with Gasteiger partial charge in [0.05, 0.1) is 6.61 Å². The second kappa shape index (κ2) is 6.48. The van der Waals surface area contributed by atoms with Crippen molar-refractivity contribution in [1.82, 2.24) is 5.32 Å². The van der Waals surface area contributed by atoms with Crippen molar-refractivity contribution in [1.29, 1.82) is 0 Å². The maximum absolute atomic E-state index is 11.5. The molecule has 1 N–H and O–H groups in total. The smallest absolute Gasteiger partial charge is 0.330 e. The summed E-state index contributed by atoms with van der Waals surface area (Å²) >= 11 is 0. The van der Waals surface area contributed by atoms with Crippen LogP contribution in [0.1, 0.15) is 22.8 Å². The number of rotatable bonds is 4. The fourth-order valence-electron chi connectivity index (χ4n) is 1.33. The Morgan fingerprint density at radius 3 is 2.71 bits per heavy atom. The first-order valence-corrected chi connectivity index (χ1v) is 5.35. The molecule has 1 amide bonds. The molecule has 0 aliphatic carbocycles. The van der Waals surface area contributed by atoms with Gasteiger partial charge in [0.2, 0.25) is 0 Å². The number of nitrogens with one attached hydrogen (secondary N) is 1. The van der Waals surface area contributed by atoms with Crippen molar-refractivity contribution in [3.05, 3.63) is 41.5 Å². The topological polar surface area (TPSA) is 55.4 Å². The number of hydrogen-bond acceptors (Lipinski definition) is 3. The zero-order chi connectivity index (χ0) is 12.7. The van der Waals surface area contributed by atoms with Gasteiger partial charge in [-0.3, -0.25) is 4.79 Å². The minimum absolute atomic E-state index is 0.186. The second-order valence-electron chi connectivity index (χ2n) is 3.25. The van der Waals surface area contributed by atoms with Gasteiger partial charge < -0.3 is 10.1 Å². The zero-order valence-electron chi connectivity index (χ0n) is 9.90. The van der Waals surface area contributed by atoms with E-state index in [9.17, 15) is 9.59 Å². The van der Waals surface area contributed by atoms with Crippen LogP contribution >= 0.6 is 0 Å². The molecule has 0 radical (unpaired) electrons. The Kier molecular flexibility index (Phi) is 4.94. The summed E-state index contributed by atoms with van der Waals surface area (Å²) in [4.78, 5) is 22.7. The van der Waals surface area contributed by atoms with Crippen molar-refractivity contribution >= 4 is 18.0 Å². The number of carbonyl (C=O) groups is 2. The Bertz CT molecular complexity index is 438. The van der Waals surface area contributed by atoms with Crippen LogP contribution in [0, 0.1) is 0 Å². The summed E-state index contributed by atoms with van der Waals surface area (Å²) in [5.41, 5.74) is 1.20. The number of hydrogen-bond donors (Lipinski definition) is 1. The van der Waals surface area contributed by atoms with Crippen LogP contribution in [0.25, 0.3) is 6.08 Å². The van der Waals surface area contributed by atoms with Crippen molar-refractivity contribution in [2.75, 3.05) is 13.7 Å². The van der Waals surface area contributed by atoms with Crippen molar-refractivity contribution in [2.24, 2.45) is 0 Å². The van der Waals surface area contributed by atoms with Gasteiger partial charge in [0.25, 0.3) is 5.91 Å². The zero-order valence-corrected chi connectivity index (χ0v) is 9.90. The van der Waals surface area contributed by atoms with E-state index in [1.807, 2.05) is 0 Å².